The largest absolute Gasteiger partial charge is 0.388 e. The first-order valence-corrected chi connectivity index (χ1v) is 6.74. The lowest BCUT2D eigenvalue weighted by Gasteiger charge is -2.23. The van der Waals surface area contributed by atoms with E-state index < -0.39 is 11.7 Å². The van der Waals surface area contributed by atoms with Crippen LogP contribution in [0, 0.1) is 11.3 Å². The van der Waals surface area contributed by atoms with Gasteiger partial charge in [-0.1, -0.05) is 25.0 Å². The topological polar surface area (TPSA) is 76.3 Å². The van der Waals surface area contributed by atoms with E-state index >= 15 is 0 Å². The fourth-order valence-electron chi connectivity index (χ4n) is 2.54. The quantitative estimate of drug-likeness (QED) is 0.759. The van der Waals surface area contributed by atoms with E-state index in [0.29, 0.717) is 6.54 Å². The number of nitrogens with zero attached hydrogens (tertiary/aromatic N) is 1. The highest BCUT2D eigenvalue weighted by Crippen LogP contribution is 2.30. The molecule has 102 valence electrons. The van der Waals surface area contributed by atoms with Gasteiger partial charge in [0.25, 0.3) is 0 Å². The second-order valence-corrected chi connectivity index (χ2v) is 5.29. The molecule has 1 saturated carbocycles. The van der Waals surface area contributed by atoms with Gasteiger partial charge >= 0.3 is 0 Å². The summed E-state index contributed by atoms with van der Waals surface area (Å²) in [7, 11) is 0. The molecule has 1 aliphatic carbocycles. The highest BCUT2D eigenvalue weighted by Gasteiger charge is 2.30. The van der Waals surface area contributed by atoms with E-state index in [0.717, 1.165) is 36.9 Å². The molecule has 4 heteroatoms. The van der Waals surface area contributed by atoms with Gasteiger partial charge in [-0.15, -0.1) is 0 Å². The molecule has 1 atom stereocenters. The summed E-state index contributed by atoms with van der Waals surface area (Å²) in [6.45, 7) is 0.533. The van der Waals surface area contributed by atoms with Gasteiger partial charge in [0.15, 0.2) is 0 Å². The van der Waals surface area contributed by atoms with Crippen molar-refractivity contribution in [2.75, 3.05) is 11.9 Å². The third kappa shape index (κ3) is 3.69. The maximum atomic E-state index is 10.3. The minimum atomic E-state index is -0.749. The van der Waals surface area contributed by atoms with E-state index in [1.54, 1.807) is 6.07 Å². The molecule has 0 aliphatic heterocycles. The van der Waals surface area contributed by atoms with E-state index in [1.165, 1.54) is 0 Å². The van der Waals surface area contributed by atoms with Crippen molar-refractivity contribution in [3.05, 3.63) is 29.8 Å². The van der Waals surface area contributed by atoms with Gasteiger partial charge in [0.05, 0.1) is 24.2 Å². The lowest BCUT2D eigenvalue weighted by atomic mass is 10.0. The summed E-state index contributed by atoms with van der Waals surface area (Å²) in [5.74, 6) is 0. The molecule has 0 heterocycles. The van der Waals surface area contributed by atoms with Crippen molar-refractivity contribution >= 4 is 5.69 Å². The third-order valence-electron chi connectivity index (χ3n) is 3.71. The number of nitriles is 1. The SMILES string of the molecule is N#CCC(O)c1cccc(NCC2(O)CCCC2)c1. The number of nitrogens with one attached hydrogen (secondary N) is 1. The lowest BCUT2D eigenvalue weighted by Crippen LogP contribution is -2.33. The number of hydrogen-bond donors (Lipinski definition) is 3. The van der Waals surface area contributed by atoms with Crippen LogP contribution in [0.4, 0.5) is 5.69 Å². The van der Waals surface area contributed by atoms with Crippen LogP contribution in [0.3, 0.4) is 0 Å². The standard InChI is InChI=1S/C15H20N2O2/c16-9-6-14(18)12-4-3-5-13(10-12)17-11-15(19)7-1-2-8-15/h3-5,10,14,17-19H,1-2,6-8,11H2. The zero-order valence-electron chi connectivity index (χ0n) is 11.0. The maximum Gasteiger partial charge on any atom is 0.0920 e. The van der Waals surface area contributed by atoms with Crippen LogP contribution < -0.4 is 5.32 Å². The van der Waals surface area contributed by atoms with Crippen LogP contribution >= 0.6 is 0 Å². The predicted molar refractivity (Wildman–Crippen MR) is 73.5 cm³/mol. The molecule has 1 aromatic rings. The Hall–Kier alpha value is -1.57. The van der Waals surface area contributed by atoms with Gasteiger partial charge in [0.1, 0.15) is 0 Å². The summed E-state index contributed by atoms with van der Waals surface area (Å²) < 4.78 is 0. The molecule has 0 radical (unpaired) electrons. The first kappa shape index (κ1) is 13.9. The fourth-order valence-corrected chi connectivity index (χ4v) is 2.54. The maximum absolute atomic E-state index is 10.3. The summed E-state index contributed by atoms with van der Waals surface area (Å²) in [5, 5.41) is 31.8. The zero-order valence-corrected chi connectivity index (χ0v) is 11.0. The number of aliphatic hydroxyl groups is 2. The average molecular weight is 260 g/mol. The molecule has 1 aromatic carbocycles. The van der Waals surface area contributed by atoms with Crippen molar-refractivity contribution in [1.29, 1.82) is 5.26 Å². The monoisotopic (exact) mass is 260 g/mol. The number of aliphatic hydroxyl groups excluding tert-OH is 1. The fraction of sp³-hybridized carbons (Fsp3) is 0.533. The van der Waals surface area contributed by atoms with E-state index in [-0.39, 0.29) is 6.42 Å². The smallest absolute Gasteiger partial charge is 0.0920 e. The molecule has 4 nitrogen and oxygen atoms in total. The molecular weight excluding hydrogens is 240 g/mol. The van der Waals surface area contributed by atoms with Crippen LogP contribution in [0.2, 0.25) is 0 Å². The van der Waals surface area contributed by atoms with Crippen molar-refractivity contribution in [2.45, 2.75) is 43.8 Å². The second-order valence-electron chi connectivity index (χ2n) is 5.29. The van der Waals surface area contributed by atoms with E-state index in [9.17, 15) is 10.2 Å². The molecule has 1 fully saturated rings. The predicted octanol–water partition coefficient (Wildman–Crippen LogP) is 2.35. The van der Waals surface area contributed by atoms with Crippen molar-refractivity contribution in [3.8, 4) is 6.07 Å². The second kappa shape index (κ2) is 6.05. The molecule has 3 N–H and O–H groups in total. The molecule has 1 unspecified atom stereocenters. The van der Waals surface area contributed by atoms with Gasteiger partial charge in [-0.2, -0.15) is 5.26 Å². The Morgan fingerprint density at radius 2 is 2.11 bits per heavy atom. The molecule has 0 aromatic heterocycles. The van der Waals surface area contributed by atoms with Gasteiger partial charge in [-0.3, -0.25) is 0 Å². The molecule has 1 aliphatic rings. The van der Waals surface area contributed by atoms with Crippen LogP contribution in [0.5, 0.6) is 0 Å². The van der Waals surface area contributed by atoms with Crippen molar-refractivity contribution in [3.63, 3.8) is 0 Å². The minimum Gasteiger partial charge on any atom is -0.388 e. The van der Waals surface area contributed by atoms with Crippen LogP contribution in [0.25, 0.3) is 0 Å². The Kier molecular flexibility index (Phi) is 4.41. The van der Waals surface area contributed by atoms with Gasteiger partial charge in [-0.25, -0.2) is 0 Å². The zero-order chi connectivity index (χ0) is 13.7. The Morgan fingerprint density at radius 3 is 2.79 bits per heavy atom. The Labute approximate surface area is 113 Å². The van der Waals surface area contributed by atoms with Crippen molar-refractivity contribution in [1.82, 2.24) is 0 Å². The van der Waals surface area contributed by atoms with Crippen molar-refractivity contribution in [2.24, 2.45) is 0 Å². The Bertz CT molecular complexity index is 461. The molecule has 0 amide bonds. The Balaban J connectivity index is 1.97. The van der Waals surface area contributed by atoms with Crippen LogP contribution in [-0.4, -0.2) is 22.4 Å². The highest BCUT2D eigenvalue weighted by molar-refractivity contribution is 5.46. The number of rotatable bonds is 5. The molecule has 19 heavy (non-hydrogen) atoms. The number of benzene rings is 1. The summed E-state index contributed by atoms with van der Waals surface area (Å²) >= 11 is 0. The highest BCUT2D eigenvalue weighted by atomic mass is 16.3. The van der Waals surface area contributed by atoms with Crippen LogP contribution in [0.1, 0.15) is 43.8 Å². The summed E-state index contributed by atoms with van der Waals surface area (Å²) in [4.78, 5) is 0. The van der Waals surface area contributed by atoms with Gasteiger partial charge in [0.2, 0.25) is 0 Å². The van der Waals surface area contributed by atoms with Crippen molar-refractivity contribution < 1.29 is 10.2 Å². The van der Waals surface area contributed by atoms with Gasteiger partial charge in [0, 0.05) is 12.2 Å². The first-order valence-electron chi connectivity index (χ1n) is 6.74. The summed E-state index contributed by atoms with van der Waals surface area (Å²) in [6, 6.07) is 9.34. The average Bonchev–Trinajstić information content (AvgIpc) is 2.85. The molecular formula is C15H20N2O2. The minimum absolute atomic E-state index is 0.0907. The lowest BCUT2D eigenvalue weighted by molar-refractivity contribution is 0.0615. The van der Waals surface area contributed by atoms with E-state index in [4.69, 9.17) is 5.26 Å². The van der Waals surface area contributed by atoms with Gasteiger partial charge < -0.3 is 15.5 Å². The molecule has 0 spiro atoms. The van der Waals surface area contributed by atoms with E-state index in [2.05, 4.69) is 5.32 Å². The van der Waals surface area contributed by atoms with Crippen LogP contribution in [-0.2, 0) is 0 Å². The third-order valence-corrected chi connectivity index (χ3v) is 3.71. The van der Waals surface area contributed by atoms with Crippen LogP contribution in [0.15, 0.2) is 24.3 Å². The molecule has 2 rings (SSSR count). The first-order chi connectivity index (χ1) is 9.13. The summed E-state index contributed by atoms with van der Waals surface area (Å²) in [6.07, 6.45) is 3.19. The van der Waals surface area contributed by atoms with Gasteiger partial charge in [-0.05, 0) is 30.5 Å². The Morgan fingerprint density at radius 1 is 1.37 bits per heavy atom. The molecule has 0 bridgehead atoms. The normalized spacial score (nSPS) is 18.8. The van der Waals surface area contributed by atoms with E-state index in [1.807, 2.05) is 24.3 Å². The number of hydrogen-bond acceptors (Lipinski definition) is 4. The molecule has 0 saturated heterocycles. The summed E-state index contributed by atoms with van der Waals surface area (Å²) in [5.41, 5.74) is 1.00. The number of anilines is 1.